The van der Waals surface area contributed by atoms with Crippen molar-refractivity contribution in [3.8, 4) is 11.5 Å². The van der Waals surface area contributed by atoms with Crippen molar-refractivity contribution >= 4 is 17.7 Å². The molecular formula is C29H32N2O5S. The van der Waals surface area contributed by atoms with E-state index < -0.39 is 16.8 Å². The van der Waals surface area contributed by atoms with Gasteiger partial charge >= 0.3 is 0 Å². The molecule has 0 aromatic heterocycles. The number of hydrogen-bond acceptors (Lipinski definition) is 6. The summed E-state index contributed by atoms with van der Waals surface area (Å²) in [6.07, 6.45) is 0.824. The van der Waals surface area contributed by atoms with Gasteiger partial charge in [-0.25, -0.2) is 0 Å². The van der Waals surface area contributed by atoms with Crippen LogP contribution >= 0.6 is 11.8 Å². The average Bonchev–Trinajstić information content (AvgIpc) is 2.94. The first-order valence-electron chi connectivity index (χ1n) is 12.3. The van der Waals surface area contributed by atoms with E-state index in [1.807, 2.05) is 90.7 Å². The molecule has 3 atom stereocenters. The van der Waals surface area contributed by atoms with Crippen LogP contribution in [0, 0.1) is 10.1 Å². The molecule has 1 aliphatic rings. The number of nitro groups is 1. The molecule has 1 aliphatic heterocycles. The highest BCUT2D eigenvalue weighted by Crippen LogP contribution is 2.54. The van der Waals surface area contributed by atoms with Crippen molar-refractivity contribution < 1.29 is 19.2 Å². The van der Waals surface area contributed by atoms with Crippen molar-refractivity contribution in [1.82, 2.24) is 4.90 Å². The number of carbonyl (C=O) groups excluding carboxylic acids is 1. The first-order chi connectivity index (χ1) is 17.8. The number of nitrogens with zero attached hydrogens (tertiary/aromatic N) is 2. The molecule has 0 saturated carbocycles. The highest BCUT2D eigenvalue weighted by molar-refractivity contribution is 8.01. The van der Waals surface area contributed by atoms with Crippen LogP contribution in [0.5, 0.6) is 11.5 Å². The highest BCUT2D eigenvalue weighted by Gasteiger charge is 2.63. The van der Waals surface area contributed by atoms with E-state index in [1.54, 1.807) is 21.1 Å². The summed E-state index contributed by atoms with van der Waals surface area (Å²) in [5, 5.41) is 11.7. The highest BCUT2D eigenvalue weighted by atomic mass is 32.2. The predicted molar refractivity (Wildman–Crippen MR) is 145 cm³/mol. The minimum atomic E-state index is -0.796. The fourth-order valence-corrected chi connectivity index (χ4v) is 6.42. The van der Waals surface area contributed by atoms with Crippen LogP contribution in [-0.2, 0) is 4.79 Å². The van der Waals surface area contributed by atoms with Crippen LogP contribution in [0.25, 0.3) is 0 Å². The molecule has 4 rings (SSSR count). The quantitative estimate of drug-likeness (QED) is 0.175. The Bertz CT molecular complexity index is 1170. The van der Waals surface area contributed by atoms with Gasteiger partial charge in [0.1, 0.15) is 16.2 Å². The third-order valence-corrected chi connectivity index (χ3v) is 8.71. The van der Waals surface area contributed by atoms with E-state index in [2.05, 4.69) is 0 Å². The number of benzene rings is 3. The molecule has 1 fully saturated rings. The molecule has 0 bridgehead atoms. The number of ether oxygens (including phenoxy) is 2. The Morgan fingerprint density at radius 1 is 0.946 bits per heavy atom. The summed E-state index contributed by atoms with van der Waals surface area (Å²) in [5.41, 5.74) is 1.82. The Morgan fingerprint density at radius 3 is 1.89 bits per heavy atom. The van der Waals surface area contributed by atoms with E-state index >= 15 is 0 Å². The zero-order valence-electron chi connectivity index (χ0n) is 21.5. The van der Waals surface area contributed by atoms with Crippen LogP contribution in [0.2, 0.25) is 0 Å². The fourth-order valence-electron chi connectivity index (χ4n) is 5.03. The Morgan fingerprint density at radius 2 is 1.46 bits per heavy atom. The molecule has 0 spiro atoms. The summed E-state index contributed by atoms with van der Waals surface area (Å²) >= 11 is 1.52. The molecule has 3 aromatic rings. The third kappa shape index (κ3) is 5.16. The van der Waals surface area contributed by atoms with Gasteiger partial charge in [0.05, 0.1) is 26.3 Å². The predicted octanol–water partition coefficient (Wildman–Crippen LogP) is 6.00. The van der Waals surface area contributed by atoms with Crippen molar-refractivity contribution in [2.75, 3.05) is 14.2 Å². The van der Waals surface area contributed by atoms with E-state index in [9.17, 15) is 14.9 Å². The monoisotopic (exact) mass is 520 g/mol. The van der Waals surface area contributed by atoms with Crippen molar-refractivity contribution in [3.05, 3.63) is 100 Å². The lowest BCUT2D eigenvalue weighted by molar-refractivity contribution is -0.520. The minimum absolute atomic E-state index is 0.0129. The molecule has 37 heavy (non-hydrogen) atoms. The van der Waals surface area contributed by atoms with Gasteiger partial charge in [0.2, 0.25) is 11.9 Å². The topological polar surface area (TPSA) is 81.9 Å². The number of thioether (sulfide) groups is 1. The zero-order chi connectivity index (χ0) is 26.6. The van der Waals surface area contributed by atoms with E-state index in [-0.39, 0.29) is 23.3 Å². The normalized spacial score (nSPS) is 19.9. The molecular weight excluding hydrogens is 488 g/mol. The largest absolute Gasteiger partial charge is 0.497 e. The Balaban J connectivity index is 1.81. The van der Waals surface area contributed by atoms with E-state index in [0.717, 1.165) is 16.0 Å². The molecule has 3 unspecified atom stereocenters. The number of hydrogen-bond donors (Lipinski definition) is 0. The molecule has 0 N–H and O–H groups in total. The van der Waals surface area contributed by atoms with Crippen LogP contribution in [0.3, 0.4) is 0 Å². The Labute approximate surface area is 221 Å². The number of amides is 1. The van der Waals surface area contributed by atoms with E-state index in [4.69, 9.17) is 9.47 Å². The van der Waals surface area contributed by atoms with Crippen LogP contribution < -0.4 is 9.47 Å². The minimum Gasteiger partial charge on any atom is -0.497 e. The summed E-state index contributed by atoms with van der Waals surface area (Å²) < 4.78 is 9.91. The second-order valence-corrected chi connectivity index (χ2v) is 10.6. The van der Waals surface area contributed by atoms with Crippen molar-refractivity contribution in [2.45, 2.75) is 54.5 Å². The first-order valence-corrected chi connectivity index (χ1v) is 13.1. The van der Waals surface area contributed by atoms with Crippen LogP contribution in [-0.4, -0.2) is 46.8 Å². The number of likely N-dealkylation sites (tertiary alicyclic amines) is 1. The van der Waals surface area contributed by atoms with Crippen LogP contribution in [0.4, 0.5) is 0 Å². The lowest BCUT2D eigenvalue weighted by atomic mass is 9.77. The zero-order valence-corrected chi connectivity index (χ0v) is 22.3. The van der Waals surface area contributed by atoms with Gasteiger partial charge in [0.25, 0.3) is 0 Å². The van der Waals surface area contributed by atoms with Gasteiger partial charge in [0, 0.05) is 23.2 Å². The molecule has 0 radical (unpaired) electrons. The van der Waals surface area contributed by atoms with Crippen LogP contribution in [0.15, 0.2) is 83.8 Å². The number of rotatable bonds is 11. The smallest absolute Gasteiger partial charge is 0.242 e. The summed E-state index contributed by atoms with van der Waals surface area (Å²) in [5.74, 6) is 1.42. The molecule has 7 nitrogen and oxygen atoms in total. The average molecular weight is 521 g/mol. The lowest BCUT2D eigenvalue weighted by Gasteiger charge is -2.58. The number of β-lactam (4-membered cyclic amide) rings is 1. The Kier molecular flexibility index (Phi) is 8.07. The SMILES string of the molecule is CCC1(Sc2ccccc2)C(=O)N(C(c2ccc(OC)cc2)c2ccc(OC)cc2)C1CC(C)[N+](=O)[O-]. The molecule has 1 heterocycles. The maximum absolute atomic E-state index is 14.2. The van der Waals surface area contributed by atoms with Gasteiger partial charge in [-0.2, -0.15) is 0 Å². The van der Waals surface area contributed by atoms with E-state index in [0.29, 0.717) is 17.9 Å². The molecule has 0 aliphatic carbocycles. The molecule has 8 heteroatoms. The van der Waals surface area contributed by atoms with Crippen LogP contribution in [0.1, 0.15) is 43.9 Å². The fraction of sp³-hybridized carbons (Fsp3) is 0.345. The van der Waals surface area contributed by atoms with Crippen molar-refractivity contribution in [1.29, 1.82) is 0 Å². The molecule has 1 saturated heterocycles. The summed E-state index contributed by atoms with van der Waals surface area (Å²) in [4.78, 5) is 28.5. The van der Waals surface area contributed by atoms with Gasteiger partial charge in [-0.15, -0.1) is 11.8 Å². The number of methoxy groups -OCH3 is 2. The van der Waals surface area contributed by atoms with E-state index in [1.165, 1.54) is 11.8 Å². The summed E-state index contributed by atoms with van der Waals surface area (Å²) in [6, 6.07) is 23.5. The van der Waals surface area contributed by atoms with Crippen molar-refractivity contribution in [2.24, 2.45) is 0 Å². The number of carbonyl (C=O) groups is 1. The maximum atomic E-state index is 14.2. The van der Waals surface area contributed by atoms with Gasteiger partial charge in [0.15, 0.2) is 0 Å². The third-order valence-electron chi connectivity index (χ3n) is 7.10. The first kappa shape index (κ1) is 26.5. The maximum Gasteiger partial charge on any atom is 0.242 e. The second-order valence-electron chi connectivity index (χ2n) is 9.21. The molecule has 1 amide bonds. The summed E-state index contributed by atoms with van der Waals surface area (Å²) in [6.45, 7) is 3.61. The Hall–Kier alpha value is -3.52. The van der Waals surface area contributed by atoms with Gasteiger partial charge < -0.3 is 14.4 Å². The molecule has 194 valence electrons. The van der Waals surface area contributed by atoms with Gasteiger partial charge in [-0.1, -0.05) is 49.4 Å². The second kappa shape index (κ2) is 11.3. The van der Waals surface area contributed by atoms with Gasteiger partial charge in [-0.05, 0) is 53.9 Å². The summed E-state index contributed by atoms with van der Waals surface area (Å²) in [7, 11) is 3.22. The lowest BCUT2D eigenvalue weighted by Crippen LogP contribution is -2.73. The molecule has 3 aromatic carbocycles. The standard InChI is InChI=1S/C29H32N2O5S/c1-5-29(37-25-9-7-6-8-10-25)26(19-20(2)31(33)34)30(28(29)32)27(21-11-15-23(35-3)16-12-21)22-13-17-24(36-4)18-14-22/h6-18,20,26-27H,5,19H2,1-4H3. The van der Waals surface area contributed by atoms with Gasteiger partial charge in [-0.3, -0.25) is 14.9 Å². The van der Waals surface area contributed by atoms with Crippen molar-refractivity contribution in [3.63, 3.8) is 0 Å².